The van der Waals surface area contributed by atoms with Crippen LogP contribution in [0.4, 0.5) is 8.78 Å². The molecular weight excluding hydrogens is 284 g/mol. The number of aromatic nitrogens is 2. The van der Waals surface area contributed by atoms with Crippen LogP contribution >= 0.6 is 11.7 Å². The van der Waals surface area contributed by atoms with Crippen molar-refractivity contribution < 1.29 is 13.6 Å². The minimum Gasteiger partial charge on any atom is -0.349 e. The maximum Gasteiger partial charge on any atom is 0.251 e. The van der Waals surface area contributed by atoms with Crippen LogP contribution in [0.25, 0.3) is 11.0 Å². The molecule has 4 nitrogen and oxygen atoms in total. The van der Waals surface area contributed by atoms with Crippen molar-refractivity contribution in [3.05, 3.63) is 23.8 Å². The zero-order chi connectivity index (χ0) is 14.2. The van der Waals surface area contributed by atoms with Crippen molar-refractivity contribution in [2.75, 3.05) is 0 Å². The lowest BCUT2D eigenvalue weighted by molar-refractivity contribution is -0.0399. The van der Waals surface area contributed by atoms with Gasteiger partial charge in [-0.2, -0.15) is 8.75 Å². The van der Waals surface area contributed by atoms with Gasteiger partial charge in [0.15, 0.2) is 0 Å². The summed E-state index contributed by atoms with van der Waals surface area (Å²) < 4.78 is 34.2. The number of amides is 1. The lowest BCUT2D eigenvalue weighted by atomic mass is 9.92. The smallest absolute Gasteiger partial charge is 0.251 e. The molecular formula is C13H13F2N3OS. The summed E-state index contributed by atoms with van der Waals surface area (Å²) in [7, 11) is 0. The Kier molecular flexibility index (Phi) is 3.37. The third-order valence-corrected chi connectivity index (χ3v) is 4.12. The summed E-state index contributed by atoms with van der Waals surface area (Å²) in [5, 5.41) is 2.81. The summed E-state index contributed by atoms with van der Waals surface area (Å²) in [6, 6.07) is 4.91. The molecule has 0 saturated heterocycles. The third-order valence-electron chi connectivity index (χ3n) is 3.57. The maximum atomic E-state index is 13.1. The van der Waals surface area contributed by atoms with Crippen LogP contribution in [0.15, 0.2) is 18.2 Å². The fourth-order valence-electron chi connectivity index (χ4n) is 2.38. The minimum atomic E-state index is -2.58. The molecule has 1 amide bonds. The highest BCUT2D eigenvalue weighted by atomic mass is 32.1. The fourth-order valence-corrected chi connectivity index (χ4v) is 2.89. The van der Waals surface area contributed by atoms with Crippen molar-refractivity contribution in [2.45, 2.75) is 37.6 Å². The number of hydrogen-bond donors (Lipinski definition) is 1. The molecule has 1 aliphatic rings. The number of nitrogens with zero attached hydrogens (tertiary/aromatic N) is 2. The van der Waals surface area contributed by atoms with Gasteiger partial charge in [-0.25, -0.2) is 8.78 Å². The van der Waals surface area contributed by atoms with Crippen LogP contribution in [0.2, 0.25) is 0 Å². The molecule has 0 aliphatic heterocycles. The predicted octanol–water partition coefficient (Wildman–Crippen LogP) is 3.00. The highest BCUT2D eigenvalue weighted by molar-refractivity contribution is 7.00. The van der Waals surface area contributed by atoms with Gasteiger partial charge in [-0.1, -0.05) is 0 Å². The van der Waals surface area contributed by atoms with Gasteiger partial charge < -0.3 is 5.32 Å². The van der Waals surface area contributed by atoms with E-state index in [0.29, 0.717) is 23.9 Å². The standard InChI is InChI=1S/C13H13F2N3OS/c14-13(15)5-3-9(4-6-13)16-12(19)8-1-2-10-11(7-8)18-20-17-10/h1-2,7,9H,3-6H2,(H,16,19). The molecule has 7 heteroatoms. The average Bonchev–Trinajstić information content (AvgIpc) is 2.88. The van der Waals surface area contributed by atoms with E-state index in [0.717, 1.165) is 17.2 Å². The largest absolute Gasteiger partial charge is 0.349 e. The van der Waals surface area contributed by atoms with Gasteiger partial charge in [0.05, 0.1) is 11.7 Å². The van der Waals surface area contributed by atoms with Gasteiger partial charge >= 0.3 is 0 Å². The molecule has 106 valence electrons. The van der Waals surface area contributed by atoms with Crippen LogP contribution in [-0.4, -0.2) is 26.6 Å². The number of halogens is 2. The van der Waals surface area contributed by atoms with Gasteiger partial charge in [-0.15, -0.1) is 0 Å². The monoisotopic (exact) mass is 297 g/mol. The molecule has 0 atom stereocenters. The van der Waals surface area contributed by atoms with E-state index < -0.39 is 5.92 Å². The SMILES string of the molecule is O=C(NC1CCC(F)(F)CC1)c1ccc2nsnc2c1. The molecule has 0 bridgehead atoms. The zero-order valence-corrected chi connectivity index (χ0v) is 11.4. The molecule has 0 unspecified atom stereocenters. The van der Waals surface area contributed by atoms with E-state index in [9.17, 15) is 13.6 Å². The number of fused-ring (bicyclic) bond motifs is 1. The molecule has 0 spiro atoms. The number of carbonyl (C=O) groups is 1. The average molecular weight is 297 g/mol. The van der Waals surface area contributed by atoms with Gasteiger partial charge in [0.1, 0.15) is 11.0 Å². The summed E-state index contributed by atoms with van der Waals surface area (Å²) in [4.78, 5) is 12.1. The molecule has 1 N–H and O–H groups in total. The van der Waals surface area contributed by atoms with Gasteiger partial charge in [0.2, 0.25) is 5.92 Å². The van der Waals surface area contributed by atoms with Crippen LogP contribution in [0.3, 0.4) is 0 Å². The fraction of sp³-hybridized carbons (Fsp3) is 0.462. The van der Waals surface area contributed by atoms with Gasteiger partial charge in [-0.05, 0) is 31.0 Å². The normalized spacial score (nSPS) is 19.1. The summed E-state index contributed by atoms with van der Waals surface area (Å²) in [5.74, 6) is -2.82. The first-order valence-electron chi connectivity index (χ1n) is 6.44. The number of nitrogens with one attached hydrogen (secondary N) is 1. The second-order valence-electron chi connectivity index (χ2n) is 5.07. The number of rotatable bonds is 2. The second kappa shape index (κ2) is 5.05. The van der Waals surface area contributed by atoms with E-state index in [1.54, 1.807) is 18.2 Å². The molecule has 3 rings (SSSR count). The number of hydrogen-bond acceptors (Lipinski definition) is 4. The highest BCUT2D eigenvalue weighted by Crippen LogP contribution is 2.33. The van der Waals surface area contributed by atoms with Crippen molar-refractivity contribution in [1.82, 2.24) is 14.1 Å². The Morgan fingerprint density at radius 2 is 1.95 bits per heavy atom. The first-order chi connectivity index (χ1) is 9.53. The van der Waals surface area contributed by atoms with Crippen LogP contribution in [0, 0.1) is 0 Å². The Balaban J connectivity index is 1.67. The van der Waals surface area contributed by atoms with E-state index in [-0.39, 0.29) is 24.8 Å². The Labute approximate surface area is 118 Å². The summed E-state index contributed by atoms with van der Waals surface area (Å²) >= 11 is 1.09. The van der Waals surface area contributed by atoms with Crippen molar-refractivity contribution >= 4 is 28.7 Å². The van der Waals surface area contributed by atoms with E-state index in [4.69, 9.17) is 0 Å². The molecule has 1 aromatic carbocycles. The molecule has 1 saturated carbocycles. The number of carbonyl (C=O) groups excluding carboxylic acids is 1. The lowest BCUT2D eigenvalue weighted by Crippen LogP contribution is -2.40. The Bertz CT molecular complexity index is 633. The van der Waals surface area contributed by atoms with E-state index >= 15 is 0 Å². The molecule has 1 aromatic heterocycles. The van der Waals surface area contributed by atoms with Crippen LogP contribution < -0.4 is 5.32 Å². The molecule has 2 aromatic rings. The molecule has 20 heavy (non-hydrogen) atoms. The first-order valence-corrected chi connectivity index (χ1v) is 7.18. The van der Waals surface area contributed by atoms with Gasteiger partial charge in [-0.3, -0.25) is 4.79 Å². The van der Waals surface area contributed by atoms with Crippen LogP contribution in [-0.2, 0) is 0 Å². The molecule has 1 fully saturated rings. The Morgan fingerprint density at radius 3 is 2.70 bits per heavy atom. The third kappa shape index (κ3) is 2.77. The summed E-state index contributed by atoms with van der Waals surface area (Å²) in [6.45, 7) is 0. The molecule has 0 radical (unpaired) electrons. The number of benzene rings is 1. The molecule has 1 aliphatic carbocycles. The summed E-state index contributed by atoms with van der Waals surface area (Å²) in [5.41, 5.74) is 1.92. The lowest BCUT2D eigenvalue weighted by Gasteiger charge is -2.28. The first kappa shape index (κ1) is 13.4. The van der Waals surface area contributed by atoms with Crippen molar-refractivity contribution in [2.24, 2.45) is 0 Å². The Morgan fingerprint density at radius 1 is 1.25 bits per heavy atom. The quantitative estimate of drug-likeness (QED) is 0.927. The Hall–Kier alpha value is -1.63. The number of alkyl halides is 2. The van der Waals surface area contributed by atoms with Crippen molar-refractivity contribution in [1.29, 1.82) is 0 Å². The second-order valence-corrected chi connectivity index (χ2v) is 5.60. The van der Waals surface area contributed by atoms with Crippen molar-refractivity contribution in [3.8, 4) is 0 Å². The predicted molar refractivity (Wildman–Crippen MR) is 72.1 cm³/mol. The minimum absolute atomic E-state index is 0.160. The van der Waals surface area contributed by atoms with E-state index in [1.165, 1.54) is 0 Å². The van der Waals surface area contributed by atoms with E-state index in [1.807, 2.05) is 0 Å². The highest BCUT2D eigenvalue weighted by Gasteiger charge is 2.35. The maximum absolute atomic E-state index is 13.1. The van der Waals surface area contributed by atoms with Crippen molar-refractivity contribution in [3.63, 3.8) is 0 Å². The topological polar surface area (TPSA) is 54.9 Å². The van der Waals surface area contributed by atoms with Gasteiger partial charge in [0, 0.05) is 24.4 Å². The van der Waals surface area contributed by atoms with E-state index in [2.05, 4.69) is 14.1 Å². The summed E-state index contributed by atoms with van der Waals surface area (Å²) in [6.07, 6.45) is 0.318. The zero-order valence-electron chi connectivity index (χ0n) is 10.6. The van der Waals surface area contributed by atoms with Crippen LogP contribution in [0.5, 0.6) is 0 Å². The van der Waals surface area contributed by atoms with Crippen LogP contribution in [0.1, 0.15) is 36.0 Å². The van der Waals surface area contributed by atoms with Gasteiger partial charge in [0.25, 0.3) is 5.91 Å². The molecule has 1 heterocycles.